The first-order chi connectivity index (χ1) is 17.8. The molecule has 1 aliphatic heterocycles. The fourth-order valence-electron chi connectivity index (χ4n) is 5.36. The molecule has 2 N–H and O–H groups in total. The van der Waals surface area contributed by atoms with Crippen molar-refractivity contribution in [2.75, 3.05) is 30.4 Å². The van der Waals surface area contributed by atoms with Crippen molar-refractivity contribution in [3.8, 4) is 17.0 Å². The quantitative estimate of drug-likeness (QED) is 0.414. The number of fused-ring (bicyclic) bond motifs is 1. The molecule has 5 rings (SSSR count). The predicted molar refractivity (Wildman–Crippen MR) is 139 cm³/mol. The Morgan fingerprint density at radius 3 is 2.49 bits per heavy atom. The topological polar surface area (TPSA) is 62.3 Å². The van der Waals surface area contributed by atoms with E-state index in [1.807, 2.05) is 25.8 Å². The van der Waals surface area contributed by atoms with Crippen molar-refractivity contribution in [1.29, 1.82) is 0 Å². The third-order valence-corrected chi connectivity index (χ3v) is 7.38. The molecule has 6 nitrogen and oxygen atoms in total. The summed E-state index contributed by atoms with van der Waals surface area (Å²) in [5.74, 6) is -1.10. The minimum absolute atomic E-state index is 0.0492. The Labute approximate surface area is 215 Å². The van der Waals surface area contributed by atoms with Gasteiger partial charge in [-0.3, -0.25) is 0 Å². The summed E-state index contributed by atoms with van der Waals surface area (Å²) < 4.78 is 50.3. The van der Waals surface area contributed by atoms with Crippen LogP contribution in [0.2, 0.25) is 0 Å². The fraction of sp³-hybridized carbons (Fsp3) is 0.429. The van der Waals surface area contributed by atoms with Crippen molar-refractivity contribution < 1.29 is 17.9 Å². The molecule has 1 aromatic heterocycles. The molecule has 1 fully saturated rings. The van der Waals surface area contributed by atoms with Gasteiger partial charge in [0.2, 0.25) is 5.95 Å². The van der Waals surface area contributed by atoms with Crippen molar-refractivity contribution >= 4 is 17.3 Å². The Morgan fingerprint density at radius 2 is 1.78 bits per heavy atom. The minimum Gasteiger partial charge on any atom is -0.486 e. The van der Waals surface area contributed by atoms with E-state index in [-0.39, 0.29) is 40.7 Å². The number of halogens is 3. The molecule has 37 heavy (non-hydrogen) atoms. The standard InChI is InChI=1S/C28H32F3N5O/c1-16(2)36-10-11-37-27-23(30)12-18(13-25(27)36)26-24(31)15-33-28(35-26)34-20-8-9-21(22(29)14-20)17-4-6-19(32-3)7-5-17/h8-9,12-17,19,32H,4-7,10-11H2,1-3H3,(H,33,34,35). The monoisotopic (exact) mass is 511 g/mol. The number of rotatable bonds is 6. The summed E-state index contributed by atoms with van der Waals surface area (Å²) in [4.78, 5) is 10.3. The van der Waals surface area contributed by atoms with Gasteiger partial charge in [0.05, 0.1) is 18.4 Å². The number of aromatic nitrogens is 2. The summed E-state index contributed by atoms with van der Waals surface area (Å²) in [7, 11) is 1.96. The summed E-state index contributed by atoms with van der Waals surface area (Å²) >= 11 is 0. The second-order valence-electron chi connectivity index (χ2n) is 10.0. The fourth-order valence-corrected chi connectivity index (χ4v) is 5.36. The second-order valence-corrected chi connectivity index (χ2v) is 10.0. The maximum Gasteiger partial charge on any atom is 0.227 e. The van der Waals surface area contributed by atoms with Gasteiger partial charge in [0.25, 0.3) is 0 Å². The Balaban J connectivity index is 1.39. The van der Waals surface area contributed by atoms with Gasteiger partial charge in [-0.1, -0.05) is 6.07 Å². The summed E-state index contributed by atoms with van der Waals surface area (Å²) in [5.41, 5.74) is 1.95. The van der Waals surface area contributed by atoms with E-state index in [0.717, 1.165) is 31.9 Å². The molecular formula is C28H32F3N5O. The van der Waals surface area contributed by atoms with Gasteiger partial charge in [-0.15, -0.1) is 0 Å². The zero-order valence-electron chi connectivity index (χ0n) is 21.3. The van der Waals surface area contributed by atoms with Gasteiger partial charge in [-0.2, -0.15) is 0 Å². The van der Waals surface area contributed by atoms with Gasteiger partial charge in [0, 0.05) is 23.3 Å². The van der Waals surface area contributed by atoms with Crippen LogP contribution in [-0.2, 0) is 0 Å². The Morgan fingerprint density at radius 1 is 1.00 bits per heavy atom. The van der Waals surface area contributed by atoms with Crippen LogP contribution >= 0.6 is 0 Å². The molecule has 0 amide bonds. The van der Waals surface area contributed by atoms with Crippen LogP contribution in [0.4, 0.5) is 30.5 Å². The molecule has 196 valence electrons. The van der Waals surface area contributed by atoms with Crippen molar-refractivity contribution in [2.24, 2.45) is 0 Å². The Kier molecular flexibility index (Phi) is 7.24. The maximum absolute atomic E-state index is 15.0. The molecule has 2 aliphatic rings. The van der Waals surface area contributed by atoms with E-state index in [1.54, 1.807) is 18.2 Å². The number of hydrogen-bond acceptors (Lipinski definition) is 6. The smallest absolute Gasteiger partial charge is 0.227 e. The summed E-state index contributed by atoms with van der Waals surface area (Å²) in [5, 5.41) is 6.26. The van der Waals surface area contributed by atoms with Crippen molar-refractivity contribution in [3.63, 3.8) is 0 Å². The third kappa shape index (κ3) is 5.23. The van der Waals surface area contributed by atoms with Crippen LogP contribution in [-0.4, -0.2) is 42.3 Å². The lowest BCUT2D eigenvalue weighted by molar-refractivity contribution is 0.287. The predicted octanol–water partition coefficient (Wildman–Crippen LogP) is 6.16. The van der Waals surface area contributed by atoms with E-state index < -0.39 is 11.6 Å². The highest BCUT2D eigenvalue weighted by Crippen LogP contribution is 2.40. The molecule has 3 aromatic rings. The van der Waals surface area contributed by atoms with E-state index in [2.05, 4.69) is 20.6 Å². The van der Waals surface area contributed by atoms with Crippen molar-refractivity contribution in [3.05, 3.63) is 59.5 Å². The lowest BCUT2D eigenvalue weighted by Gasteiger charge is -2.34. The minimum atomic E-state index is -0.684. The zero-order chi connectivity index (χ0) is 26.1. The van der Waals surface area contributed by atoms with Crippen molar-refractivity contribution in [2.45, 2.75) is 57.5 Å². The molecule has 1 saturated carbocycles. The number of hydrogen-bond donors (Lipinski definition) is 2. The highest BCUT2D eigenvalue weighted by Gasteiger charge is 2.26. The number of nitrogens with one attached hydrogen (secondary N) is 2. The molecule has 2 heterocycles. The second kappa shape index (κ2) is 10.6. The molecule has 0 bridgehead atoms. The maximum atomic E-state index is 15.0. The molecule has 0 saturated heterocycles. The lowest BCUT2D eigenvalue weighted by Crippen LogP contribution is -2.38. The van der Waals surface area contributed by atoms with E-state index >= 15 is 4.39 Å². The Hall–Kier alpha value is -3.33. The number of nitrogens with zero attached hydrogens (tertiary/aromatic N) is 3. The Bertz CT molecular complexity index is 1280. The SMILES string of the molecule is CNC1CCC(c2ccc(Nc3ncc(F)c(-c4cc(F)c5c(c4)N(C(C)C)CCO5)n3)cc2F)CC1. The molecule has 1 aliphatic carbocycles. The first kappa shape index (κ1) is 25.3. The largest absolute Gasteiger partial charge is 0.486 e. The highest BCUT2D eigenvalue weighted by atomic mass is 19.1. The van der Waals surface area contributed by atoms with Crippen LogP contribution in [0.1, 0.15) is 51.0 Å². The number of anilines is 3. The molecule has 0 radical (unpaired) electrons. The normalized spacial score (nSPS) is 19.5. The van der Waals surface area contributed by atoms with Crippen LogP contribution in [0.15, 0.2) is 36.5 Å². The van der Waals surface area contributed by atoms with Crippen molar-refractivity contribution in [1.82, 2.24) is 15.3 Å². The molecular weight excluding hydrogens is 479 g/mol. The van der Waals surface area contributed by atoms with Crippen LogP contribution < -0.4 is 20.3 Å². The average molecular weight is 512 g/mol. The first-order valence-corrected chi connectivity index (χ1v) is 12.8. The summed E-state index contributed by atoms with van der Waals surface area (Å²) in [6.45, 7) is 4.99. The van der Waals surface area contributed by atoms with Gasteiger partial charge in [0.1, 0.15) is 18.1 Å². The third-order valence-electron chi connectivity index (χ3n) is 7.38. The molecule has 2 aromatic carbocycles. The average Bonchev–Trinajstić information content (AvgIpc) is 2.89. The molecule has 0 spiro atoms. The van der Waals surface area contributed by atoms with Crippen LogP contribution in [0, 0.1) is 17.5 Å². The number of ether oxygens (including phenoxy) is 1. The van der Waals surface area contributed by atoms with E-state index in [4.69, 9.17) is 4.74 Å². The molecule has 0 unspecified atom stereocenters. The zero-order valence-corrected chi connectivity index (χ0v) is 21.3. The highest BCUT2D eigenvalue weighted by molar-refractivity contribution is 5.73. The first-order valence-electron chi connectivity index (χ1n) is 12.8. The van der Waals surface area contributed by atoms with Gasteiger partial charge < -0.3 is 20.3 Å². The van der Waals surface area contributed by atoms with Gasteiger partial charge in [-0.05, 0) is 82.3 Å². The van der Waals surface area contributed by atoms with Crippen LogP contribution in [0.25, 0.3) is 11.3 Å². The summed E-state index contributed by atoms with van der Waals surface area (Å²) in [6.07, 6.45) is 4.96. The van der Waals surface area contributed by atoms with E-state index in [0.29, 0.717) is 36.1 Å². The summed E-state index contributed by atoms with van der Waals surface area (Å²) in [6, 6.07) is 8.51. The van der Waals surface area contributed by atoms with E-state index in [9.17, 15) is 8.78 Å². The number of benzene rings is 2. The molecule has 9 heteroatoms. The van der Waals surface area contributed by atoms with Gasteiger partial charge >= 0.3 is 0 Å². The van der Waals surface area contributed by atoms with Crippen LogP contribution in [0.3, 0.4) is 0 Å². The van der Waals surface area contributed by atoms with Gasteiger partial charge in [-0.25, -0.2) is 23.1 Å². The van der Waals surface area contributed by atoms with E-state index in [1.165, 1.54) is 12.1 Å². The van der Waals surface area contributed by atoms with Gasteiger partial charge in [0.15, 0.2) is 17.4 Å². The lowest BCUT2D eigenvalue weighted by atomic mass is 9.81. The van der Waals surface area contributed by atoms with Crippen LogP contribution in [0.5, 0.6) is 5.75 Å². The molecule has 0 atom stereocenters.